The van der Waals surface area contributed by atoms with Crippen LogP contribution < -0.4 is 0 Å². The third-order valence-electron chi connectivity index (χ3n) is 12.2. The minimum absolute atomic E-state index is 0.701. The standard InChI is InChI=1S/C58H37N3/c1-3-12-40(13-4-1)53-37-54(41-14-5-2-6-15-41)60-58(59-53)42-25-29-50(30-26-42)61-55-18-10-9-17-52(55)57-51-31-27-47(34-48(51)28-32-56(57)61)46-24-21-39-20-23-45(35-49(39)36-46)44-22-19-38-11-7-8-16-43(38)33-44/h1-37H. The van der Waals surface area contributed by atoms with E-state index in [1.165, 1.54) is 76.4 Å². The van der Waals surface area contributed by atoms with Gasteiger partial charge in [-0.05, 0) is 121 Å². The summed E-state index contributed by atoms with van der Waals surface area (Å²) >= 11 is 0. The van der Waals surface area contributed by atoms with Gasteiger partial charge >= 0.3 is 0 Å². The molecule has 3 nitrogen and oxygen atoms in total. The van der Waals surface area contributed by atoms with Crippen LogP contribution in [0.2, 0.25) is 0 Å². The quantitative estimate of drug-likeness (QED) is 0.168. The SMILES string of the molecule is c1ccc(-c2cc(-c3ccccc3)nc(-c3ccc(-n4c5ccccc5c5c6ccc(-c7ccc8ccc(-c9ccc%10ccccc%10c9)cc8c7)cc6ccc54)cc3)n2)cc1. The van der Waals surface area contributed by atoms with Gasteiger partial charge in [-0.25, -0.2) is 9.97 Å². The Labute approximate surface area is 353 Å². The number of rotatable bonds is 6. The van der Waals surface area contributed by atoms with Crippen LogP contribution in [-0.2, 0) is 0 Å². The van der Waals surface area contributed by atoms with Crippen molar-refractivity contribution < 1.29 is 0 Å². The zero-order valence-corrected chi connectivity index (χ0v) is 33.2. The minimum atomic E-state index is 0.701. The van der Waals surface area contributed by atoms with Crippen molar-refractivity contribution >= 4 is 54.1 Å². The lowest BCUT2D eigenvalue weighted by atomic mass is 9.95. The summed E-state index contributed by atoms with van der Waals surface area (Å²) in [7, 11) is 0. The molecule has 12 aromatic rings. The van der Waals surface area contributed by atoms with E-state index in [1.807, 2.05) is 12.1 Å². The lowest BCUT2D eigenvalue weighted by Crippen LogP contribution is -1.97. The molecular formula is C58H37N3. The molecule has 0 spiro atoms. The Kier molecular flexibility index (Phi) is 8.17. The van der Waals surface area contributed by atoms with Gasteiger partial charge in [-0.2, -0.15) is 0 Å². The summed E-state index contributed by atoms with van der Waals surface area (Å²) in [4.78, 5) is 10.2. The van der Waals surface area contributed by atoms with Gasteiger partial charge in [0.1, 0.15) is 0 Å². The monoisotopic (exact) mass is 775 g/mol. The van der Waals surface area contributed by atoms with Crippen molar-refractivity contribution in [3.05, 3.63) is 224 Å². The maximum absolute atomic E-state index is 5.08. The molecule has 2 heterocycles. The molecule has 284 valence electrons. The van der Waals surface area contributed by atoms with Crippen molar-refractivity contribution in [2.75, 3.05) is 0 Å². The fourth-order valence-electron chi connectivity index (χ4n) is 9.08. The van der Waals surface area contributed by atoms with Gasteiger partial charge < -0.3 is 4.57 Å². The van der Waals surface area contributed by atoms with E-state index in [9.17, 15) is 0 Å². The van der Waals surface area contributed by atoms with Gasteiger partial charge in [-0.15, -0.1) is 0 Å². The van der Waals surface area contributed by atoms with Crippen molar-refractivity contribution in [3.8, 4) is 61.8 Å². The number of para-hydroxylation sites is 1. The summed E-state index contributed by atoms with van der Waals surface area (Å²) < 4.78 is 2.38. The second-order valence-corrected chi connectivity index (χ2v) is 15.8. The van der Waals surface area contributed by atoms with Crippen LogP contribution in [0.1, 0.15) is 0 Å². The molecule has 3 heteroatoms. The summed E-state index contributed by atoms with van der Waals surface area (Å²) in [5.41, 5.74) is 13.2. The molecule has 0 radical (unpaired) electrons. The zero-order valence-electron chi connectivity index (χ0n) is 33.2. The highest BCUT2D eigenvalue weighted by Crippen LogP contribution is 2.39. The van der Waals surface area contributed by atoms with E-state index in [0.29, 0.717) is 5.82 Å². The molecule has 12 rings (SSSR count). The number of fused-ring (bicyclic) bond motifs is 7. The normalized spacial score (nSPS) is 11.6. The summed E-state index contributed by atoms with van der Waals surface area (Å²) in [5.74, 6) is 0.701. The Bertz CT molecular complexity index is 3570. The average Bonchev–Trinajstić information content (AvgIpc) is 3.68. The van der Waals surface area contributed by atoms with Gasteiger partial charge in [0.15, 0.2) is 5.82 Å². The largest absolute Gasteiger partial charge is 0.309 e. The van der Waals surface area contributed by atoms with Gasteiger partial charge in [-0.1, -0.05) is 158 Å². The zero-order chi connectivity index (χ0) is 40.3. The van der Waals surface area contributed by atoms with E-state index in [-0.39, 0.29) is 0 Å². The highest BCUT2D eigenvalue weighted by atomic mass is 15.0. The Hall–Kier alpha value is -8.14. The van der Waals surface area contributed by atoms with Crippen LogP contribution in [-0.4, -0.2) is 14.5 Å². The van der Waals surface area contributed by atoms with Crippen LogP contribution in [0.3, 0.4) is 0 Å². The van der Waals surface area contributed by atoms with Crippen LogP contribution in [0.15, 0.2) is 224 Å². The second-order valence-electron chi connectivity index (χ2n) is 15.8. The highest BCUT2D eigenvalue weighted by molar-refractivity contribution is 6.21. The first-order valence-electron chi connectivity index (χ1n) is 20.8. The van der Waals surface area contributed by atoms with Crippen LogP contribution in [0.5, 0.6) is 0 Å². The lowest BCUT2D eigenvalue weighted by Gasteiger charge is -2.12. The first-order valence-corrected chi connectivity index (χ1v) is 20.8. The van der Waals surface area contributed by atoms with E-state index in [2.05, 4.69) is 217 Å². The summed E-state index contributed by atoms with van der Waals surface area (Å²) in [5, 5.41) is 9.95. The molecule has 0 saturated carbocycles. The molecule has 0 bridgehead atoms. The van der Waals surface area contributed by atoms with E-state index in [0.717, 1.165) is 33.8 Å². The van der Waals surface area contributed by atoms with Crippen molar-refractivity contribution in [2.24, 2.45) is 0 Å². The van der Waals surface area contributed by atoms with Crippen LogP contribution >= 0.6 is 0 Å². The Morgan fingerprint density at radius 3 is 1.43 bits per heavy atom. The van der Waals surface area contributed by atoms with E-state index in [1.54, 1.807) is 0 Å². The molecule has 0 aliphatic rings. The molecule has 0 N–H and O–H groups in total. The molecule has 0 amide bonds. The number of aromatic nitrogens is 3. The number of hydrogen-bond donors (Lipinski definition) is 0. The Balaban J connectivity index is 0.920. The van der Waals surface area contributed by atoms with Gasteiger partial charge in [-0.3, -0.25) is 0 Å². The average molecular weight is 776 g/mol. The first-order chi connectivity index (χ1) is 30.2. The lowest BCUT2D eigenvalue weighted by molar-refractivity contribution is 1.16. The number of nitrogens with zero attached hydrogens (tertiary/aromatic N) is 3. The molecule has 0 aliphatic heterocycles. The fraction of sp³-hybridized carbons (Fsp3) is 0. The van der Waals surface area contributed by atoms with Crippen molar-refractivity contribution in [1.82, 2.24) is 14.5 Å². The second kappa shape index (κ2) is 14.3. The van der Waals surface area contributed by atoms with E-state index in [4.69, 9.17) is 9.97 Å². The highest BCUT2D eigenvalue weighted by Gasteiger charge is 2.17. The van der Waals surface area contributed by atoms with Gasteiger partial charge in [0, 0.05) is 33.2 Å². The third kappa shape index (κ3) is 6.14. The molecule has 0 fully saturated rings. The molecule has 0 atom stereocenters. The molecule has 61 heavy (non-hydrogen) atoms. The number of hydrogen-bond acceptors (Lipinski definition) is 2. The molecule has 10 aromatic carbocycles. The van der Waals surface area contributed by atoms with Crippen molar-refractivity contribution in [1.29, 1.82) is 0 Å². The van der Waals surface area contributed by atoms with E-state index >= 15 is 0 Å². The predicted octanol–water partition coefficient (Wildman–Crippen LogP) is 15.4. The van der Waals surface area contributed by atoms with Crippen LogP contribution in [0.25, 0.3) is 116 Å². The summed E-state index contributed by atoms with van der Waals surface area (Å²) in [6.45, 7) is 0. The first kappa shape index (κ1) is 34.9. The molecule has 0 saturated heterocycles. The smallest absolute Gasteiger partial charge is 0.160 e. The fourth-order valence-corrected chi connectivity index (χ4v) is 9.08. The van der Waals surface area contributed by atoms with Crippen LogP contribution in [0.4, 0.5) is 0 Å². The molecule has 2 aromatic heterocycles. The maximum atomic E-state index is 5.08. The van der Waals surface area contributed by atoms with Crippen molar-refractivity contribution in [2.45, 2.75) is 0 Å². The minimum Gasteiger partial charge on any atom is -0.309 e. The van der Waals surface area contributed by atoms with E-state index < -0.39 is 0 Å². The number of benzene rings is 10. The molecular weight excluding hydrogens is 739 g/mol. The van der Waals surface area contributed by atoms with Crippen LogP contribution in [0, 0.1) is 0 Å². The summed E-state index contributed by atoms with van der Waals surface area (Å²) in [6.07, 6.45) is 0. The summed E-state index contributed by atoms with van der Waals surface area (Å²) in [6, 6.07) is 80.6. The third-order valence-corrected chi connectivity index (χ3v) is 12.2. The van der Waals surface area contributed by atoms with Gasteiger partial charge in [0.05, 0.1) is 22.4 Å². The Morgan fingerprint density at radius 1 is 0.279 bits per heavy atom. The molecule has 0 unspecified atom stereocenters. The van der Waals surface area contributed by atoms with Gasteiger partial charge in [0.2, 0.25) is 0 Å². The Morgan fingerprint density at radius 2 is 0.770 bits per heavy atom. The molecule has 0 aliphatic carbocycles. The predicted molar refractivity (Wildman–Crippen MR) is 256 cm³/mol. The maximum Gasteiger partial charge on any atom is 0.160 e. The van der Waals surface area contributed by atoms with Gasteiger partial charge in [0.25, 0.3) is 0 Å². The van der Waals surface area contributed by atoms with Crippen molar-refractivity contribution in [3.63, 3.8) is 0 Å². The topological polar surface area (TPSA) is 30.7 Å².